The van der Waals surface area contributed by atoms with Crippen LogP contribution in [-0.4, -0.2) is 26.5 Å². The van der Waals surface area contributed by atoms with Crippen LogP contribution in [0.1, 0.15) is 31.4 Å². The second-order valence-electron chi connectivity index (χ2n) is 3.86. The summed E-state index contributed by atoms with van der Waals surface area (Å²) >= 11 is 0. The number of furan rings is 1. The lowest BCUT2D eigenvalue weighted by molar-refractivity contribution is 0.421. The van der Waals surface area contributed by atoms with Crippen LogP contribution in [0.3, 0.4) is 0 Å². The Morgan fingerprint density at radius 3 is 2.62 bits per heavy atom. The zero-order valence-electron chi connectivity index (χ0n) is 9.99. The van der Waals surface area contributed by atoms with Gasteiger partial charge in [0.2, 0.25) is 0 Å². The molecule has 1 N–H and O–H groups in total. The minimum absolute atomic E-state index is 0.0424. The maximum atomic E-state index is 11.3. The fourth-order valence-electron chi connectivity index (χ4n) is 1.36. The Labute approximate surface area is 97.0 Å². The van der Waals surface area contributed by atoms with Gasteiger partial charge in [0.05, 0.1) is 11.8 Å². The smallest absolute Gasteiger partial charge is 0.151 e. The molecule has 16 heavy (non-hydrogen) atoms. The molecule has 0 spiro atoms. The Bertz CT molecular complexity index is 422. The molecule has 4 nitrogen and oxygen atoms in total. The average molecular weight is 245 g/mol. The summed E-state index contributed by atoms with van der Waals surface area (Å²) in [7, 11) is -2.89. The van der Waals surface area contributed by atoms with Crippen molar-refractivity contribution >= 4 is 9.84 Å². The van der Waals surface area contributed by atoms with Gasteiger partial charge in [0.1, 0.15) is 11.5 Å². The standard InChI is InChI=1S/C11H19NO3S/c1-4-16(13,14)8-7-12-10(3)11-6-5-9(2)15-11/h5-6,10,12H,4,7-8H2,1-3H3. The highest BCUT2D eigenvalue weighted by atomic mass is 32.2. The van der Waals surface area contributed by atoms with E-state index in [0.29, 0.717) is 6.54 Å². The third-order valence-corrected chi connectivity index (χ3v) is 4.20. The van der Waals surface area contributed by atoms with Gasteiger partial charge >= 0.3 is 0 Å². The largest absolute Gasteiger partial charge is 0.465 e. The van der Waals surface area contributed by atoms with Crippen LogP contribution in [0, 0.1) is 6.92 Å². The highest BCUT2D eigenvalue weighted by molar-refractivity contribution is 7.91. The van der Waals surface area contributed by atoms with Gasteiger partial charge in [0.25, 0.3) is 0 Å². The second-order valence-corrected chi connectivity index (χ2v) is 6.33. The second kappa shape index (κ2) is 5.50. The van der Waals surface area contributed by atoms with Crippen molar-refractivity contribution in [3.8, 4) is 0 Å². The number of rotatable bonds is 6. The third kappa shape index (κ3) is 3.98. The molecule has 0 aliphatic rings. The molecule has 0 aliphatic heterocycles. The minimum atomic E-state index is -2.89. The summed E-state index contributed by atoms with van der Waals surface area (Å²) in [5.41, 5.74) is 0. The van der Waals surface area contributed by atoms with E-state index >= 15 is 0 Å². The number of aryl methyl sites for hydroxylation is 1. The van der Waals surface area contributed by atoms with Crippen LogP contribution in [-0.2, 0) is 9.84 Å². The van der Waals surface area contributed by atoms with Crippen LogP contribution in [0.15, 0.2) is 16.5 Å². The molecule has 0 fully saturated rings. The normalized spacial score (nSPS) is 13.9. The molecule has 1 heterocycles. The molecule has 1 aromatic rings. The predicted molar refractivity (Wildman–Crippen MR) is 64.2 cm³/mol. The Morgan fingerprint density at radius 2 is 2.12 bits per heavy atom. The van der Waals surface area contributed by atoms with Crippen LogP contribution >= 0.6 is 0 Å². The highest BCUT2D eigenvalue weighted by Gasteiger charge is 2.11. The molecule has 0 bridgehead atoms. The van der Waals surface area contributed by atoms with Crippen molar-refractivity contribution in [3.63, 3.8) is 0 Å². The van der Waals surface area contributed by atoms with E-state index in [0.717, 1.165) is 11.5 Å². The number of nitrogens with one attached hydrogen (secondary N) is 1. The van der Waals surface area contributed by atoms with Gasteiger partial charge in [-0.25, -0.2) is 8.42 Å². The van der Waals surface area contributed by atoms with Crippen LogP contribution in [0.2, 0.25) is 0 Å². The third-order valence-electron chi connectivity index (χ3n) is 2.49. The van der Waals surface area contributed by atoms with Gasteiger partial charge in [0, 0.05) is 12.3 Å². The Kier molecular flexibility index (Phi) is 4.56. The maximum Gasteiger partial charge on any atom is 0.151 e. The summed E-state index contributed by atoms with van der Waals surface area (Å²) in [4.78, 5) is 0. The number of hydrogen-bond donors (Lipinski definition) is 1. The van der Waals surface area contributed by atoms with Crippen molar-refractivity contribution in [3.05, 3.63) is 23.7 Å². The highest BCUT2D eigenvalue weighted by Crippen LogP contribution is 2.14. The van der Waals surface area contributed by atoms with E-state index in [1.165, 1.54) is 0 Å². The lowest BCUT2D eigenvalue weighted by atomic mass is 10.2. The van der Waals surface area contributed by atoms with E-state index in [-0.39, 0.29) is 17.5 Å². The molecule has 0 amide bonds. The molecule has 1 rings (SSSR count). The van der Waals surface area contributed by atoms with E-state index < -0.39 is 9.84 Å². The van der Waals surface area contributed by atoms with Crippen molar-refractivity contribution in [1.82, 2.24) is 5.32 Å². The Balaban J connectivity index is 2.39. The summed E-state index contributed by atoms with van der Waals surface area (Å²) in [6.07, 6.45) is 0. The van der Waals surface area contributed by atoms with Gasteiger partial charge in [0.15, 0.2) is 9.84 Å². The van der Waals surface area contributed by atoms with Gasteiger partial charge in [-0.1, -0.05) is 6.92 Å². The van der Waals surface area contributed by atoms with Crippen molar-refractivity contribution in [1.29, 1.82) is 0 Å². The van der Waals surface area contributed by atoms with Crippen molar-refractivity contribution in [2.45, 2.75) is 26.8 Å². The monoisotopic (exact) mass is 245 g/mol. The SMILES string of the molecule is CCS(=O)(=O)CCNC(C)c1ccc(C)o1. The van der Waals surface area contributed by atoms with Crippen LogP contribution in [0.4, 0.5) is 0 Å². The zero-order valence-corrected chi connectivity index (χ0v) is 10.8. The topological polar surface area (TPSA) is 59.3 Å². The minimum Gasteiger partial charge on any atom is -0.465 e. The molecule has 1 atom stereocenters. The molecule has 92 valence electrons. The first kappa shape index (κ1) is 13.3. The molecule has 0 aliphatic carbocycles. The van der Waals surface area contributed by atoms with Gasteiger partial charge < -0.3 is 9.73 Å². The molecular weight excluding hydrogens is 226 g/mol. The van der Waals surface area contributed by atoms with Crippen LogP contribution in [0.5, 0.6) is 0 Å². The van der Waals surface area contributed by atoms with E-state index in [1.54, 1.807) is 6.92 Å². The zero-order chi connectivity index (χ0) is 12.2. The fourth-order valence-corrected chi connectivity index (χ4v) is 2.08. The van der Waals surface area contributed by atoms with Gasteiger partial charge in [-0.15, -0.1) is 0 Å². The number of sulfone groups is 1. The van der Waals surface area contributed by atoms with E-state index in [2.05, 4.69) is 5.32 Å². The first-order valence-corrected chi connectivity index (χ1v) is 7.27. The molecular formula is C11H19NO3S. The van der Waals surface area contributed by atoms with Gasteiger partial charge in [-0.2, -0.15) is 0 Å². The first-order valence-electron chi connectivity index (χ1n) is 5.44. The molecule has 5 heteroatoms. The summed E-state index contributed by atoms with van der Waals surface area (Å²) in [6, 6.07) is 3.85. The fraction of sp³-hybridized carbons (Fsp3) is 0.636. The van der Waals surface area contributed by atoms with Crippen molar-refractivity contribution in [2.24, 2.45) is 0 Å². The quantitative estimate of drug-likeness (QED) is 0.828. The van der Waals surface area contributed by atoms with Gasteiger partial charge in [-0.3, -0.25) is 0 Å². The average Bonchev–Trinajstić information content (AvgIpc) is 2.64. The Morgan fingerprint density at radius 1 is 1.44 bits per heavy atom. The van der Waals surface area contributed by atoms with E-state index in [4.69, 9.17) is 4.42 Å². The first-order chi connectivity index (χ1) is 7.44. The van der Waals surface area contributed by atoms with Gasteiger partial charge in [-0.05, 0) is 26.0 Å². The number of hydrogen-bond acceptors (Lipinski definition) is 4. The molecule has 0 radical (unpaired) electrons. The molecule has 0 aromatic carbocycles. The summed E-state index contributed by atoms with van der Waals surface area (Å²) in [5, 5.41) is 3.13. The van der Waals surface area contributed by atoms with E-state index in [1.807, 2.05) is 26.0 Å². The maximum absolute atomic E-state index is 11.3. The summed E-state index contributed by atoms with van der Waals surface area (Å²) in [5.74, 6) is 2.08. The molecule has 0 saturated carbocycles. The van der Waals surface area contributed by atoms with Crippen LogP contribution in [0.25, 0.3) is 0 Å². The summed E-state index contributed by atoms with van der Waals surface area (Å²) < 4.78 is 28.0. The molecule has 1 unspecified atom stereocenters. The Hall–Kier alpha value is -0.810. The van der Waals surface area contributed by atoms with Crippen LogP contribution < -0.4 is 5.32 Å². The summed E-state index contributed by atoms with van der Waals surface area (Å²) in [6.45, 7) is 5.96. The molecule has 0 saturated heterocycles. The lowest BCUT2D eigenvalue weighted by Gasteiger charge is -2.10. The lowest BCUT2D eigenvalue weighted by Crippen LogP contribution is -2.26. The van der Waals surface area contributed by atoms with Crippen molar-refractivity contribution < 1.29 is 12.8 Å². The molecule has 1 aromatic heterocycles. The predicted octanol–water partition coefficient (Wildman–Crippen LogP) is 1.67. The van der Waals surface area contributed by atoms with E-state index in [9.17, 15) is 8.42 Å². The van der Waals surface area contributed by atoms with Crippen molar-refractivity contribution in [2.75, 3.05) is 18.1 Å².